The van der Waals surface area contributed by atoms with E-state index in [9.17, 15) is 9.59 Å². The number of carboxylic acid groups (broad SMARTS) is 1. The summed E-state index contributed by atoms with van der Waals surface area (Å²) in [7, 11) is 0. The van der Waals surface area contributed by atoms with Crippen LogP contribution in [0.3, 0.4) is 0 Å². The van der Waals surface area contributed by atoms with Crippen LogP contribution in [-0.2, 0) is 9.59 Å². The summed E-state index contributed by atoms with van der Waals surface area (Å²) < 4.78 is 0. The molecule has 0 saturated carbocycles. The van der Waals surface area contributed by atoms with Crippen LogP contribution in [0, 0.1) is 17.2 Å². The van der Waals surface area contributed by atoms with Gasteiger partial charge in [-0.05, 0) is 12.3 Å². The van der Waals surface area contributed by atoms with E-state index in [1.165, 1.54) is 6.20 Å². The predicted octanol–water partition coefficient (Wildman–Crippen LogP) is 0.620. The lowest BCUT2D eigenvalue weighted by Crippen LogP contribution is -2.27. The van der Waals surface area contributed by atoms with Crippen molar-refractivity contribution in [2.45, 2.75) is 26.7 Å². The van der Waals surface area contributed by atoms with Crippen LogP contribution in [0.5, 0.6) is 0 Å². The molecule has 0 aliphatic heterocycles. The van der Waals surface area contributed by atoms with Gasteiger partial charge in [-0.1, -0.05) is 13.8 Å². The molecule has 0 radical (unpaired) electrons. The summed E-state index contributed by atoms with van der Waals surface area (Å²) >= 11 is 0. The number of rotatable bonds is 8. The summed E-state index contributed by atoms with van der Waals surface area (Å²) in [5.74, 6) is -0.974. The van der Waals surface area contributed by atoms with Crippen LogP contribution in [0.15, 0.2) is 11.8 Å². The van der Waals surface area contributed by atoms with Gasteiger partial charge in [0.15, 0.2) is 0 Å². The number of nitrogens with zero attached hydrogens (tertiary/aromatic N) is 1. The van der Waals surface area contributed by atoms with E-state index in [4.69, 9.17) is 10.4 Å². The van der Waals surface area contributed by atoms with E-state index in [2.05, 4.69) is 10.6 Å². The maximum Gasteiger partial charge on any atom is 0.303 e. The van der Waals surface area contributed by atoms with Gasteiger partial charge in [-0.25, -0.2) is 0 Å². The van der Waals surface area contributed by atoms with Crippen LogP contribution in [0.4, 0.5) is 0 Å². The van der Waals surface area contributed by atoms with Crippen LogP contribution in [0.1, 0.15) is 26.7 Å². The highest BCUT2D eigenvalue weighted by atomic mass is 16.4. The molecule has 0 aromatic heterocycles. The molecule has 0 heterocycles. The fourth-order valence-electron chi connectivity index (χ4n) is 1.08. The second-order valence-electron chi connectivity index (χ2n) is 4.23. The molecule has 0 aromatic rings. The average molecular weight is 253 g/mol. The number of aliphatic carboxylic acids is 1. The van der Waals surface area contributed by atoms with Gasteiger partial charge in [-0.15, -0.1) is 0 Å². The lowest BCUT2D eigenvalue weighted by Gasteiger charge is -2.06. The van der Waals surface area contributed by atoms with Crippen molar-refractivity contribution >= 4 is 11.9 Å². The molecule has 0 atom stereocenters. The van der Waals surface area contributed by atoms with E-state index in [1.807, 2.05) is 13.8 Å². The third-order valence-electron chi connectivity index (χ3n) is 1.99. The molecule has 0 unspecified atom stereocenters. The number of carbonyl (C=O) groups excluding carboxylic acids is 1. The molecule has 18 heavy (non-hydrogen) atoms. The minimum Gasteiger partial charge on any atom is -0.481 e. The zero-order chi connectivity index (χ0) is 14.0. The second-order valence-corrected chi connectivity index (χ2v) is 4.23. The topological polar surface area (TPSA) is 102 Å². The van der Waals surface area contributed by atoms with Crippen molar-refractivity contribution < 1.29 is 14.7 Å². The number of carbonyl (C=O) groups is 2. The van der Waals surface area contributed by atoms with Crippen LogP contribution in [-0.4, -0.2) is 30.1 Å². The first-order valence-electron chi connectivity index (χ1n) is 5.81. The first kappa shape index (κ1) is 16.0. The van der Waals surface area contributed by atoms with Gasteiger partial charge in [0.25, 0.3) is 5.91 Å². The Morgan fingerprint density at radius 3 is 2.61 bits per heavy atom. The van der Waals surface area contributed by atoms with Crippen LogP contribution in [0.2, 0.25) is 0 Å². The molecule has 0 saturated heterocycles. The second kappa shape index (κ2) is 9.05. The van der Waals surface area contributed by atoms with Crippen LogP contribution in [0.25, 0.3) is 0 Å². The quantitative estimate of drug-likeness (QED) is 0.334. The first-order chi connectivity index (χ1) is 8.47. The number of amides is 1. The molecular weight excluding hydrogens is 234 g/mol. The van der Waals surface area contributed by atoms with Crippen molar-refractivity contribution in [2.24, 2.45) is 5.92 Å². The Labute approximate surface area is 107 Å². The van der Waals surface area contributed by atoms with Gasteiger partial charge < -0.3 is 15.7 Å². The fraction of sp³-hybridized carbons (Fsp3) is 0.583. The van der Waals surface area contributed by atoms with Gasteiger partial charge in [0, 0.05) is 25.7 Å². The van der Waals surface area contributed by atoms with Crippen LogP contribution < -0.4 is 10.6 Å². The molecule has 0 aromatic carbocycles. The van der Waals surface area contributed by atoms with Gasteiger partial charge in [0.1, 0.15) is 11.6 Å². The van der Waals surface area contributed by atoms with E-state index >= 15 is 0 Å². The average Bonchev–Trinajstić information content (AvgIpc) is 2.29. The Morgan fingerprint density at radius 2 is 2.11 bits per heavy atom. The highest BCUT2D eigenvalue weighted by Gasteiger charge is 2.08. The zero-order valence-corrected chi connectivity index (χ0v) is 10.7. The third-order valence-corrected chi connectivity index (χ3v) is 1.99. The molecule has 0 spiro atoms. The number of nitrogens with one attached hydrogen (secondary N) is 2. The number of hydrogen-bond donors (Lipinski definition) is 3. The largest absolute Gasteiger partial charge is 0.481 e. The lowest BCUT2D eigenvalue weighted by atomic mass is 10.2. The van der Waals surface area contributed by atoms with E-state index in [0.29, 0.717) is 18.9 Å². The monoisotopic (exact) mass is 253 g/mol. The van der Waals surface area contributed by atoms with Gasteiger partial charge in [0.05, 0.1) is 0 Å². The smallest absolute Gasteiger partial charge is 0.303 e. The molecule has 6 nitrogen and oxygen atoms in total. The summed E-state index contributed by atoms with van der Waals surface area (Å²) in [6, 6.07) is 1.80. The summed E-state index contributed by atoms with van der Waals surface area (Å²) in [5, 5.41) is 22.6. The van der Waals surface area contributed by atoms with Crippen molar-refractivity contribution in [1.29, 1.82) is 5.26 Å². The maximum atomic E-state index is 11.5. The summed E-state index contributed by atoms with van der Waals surface area (Å²) in [6.45, 7) is 4.95. The van der Waals surface area contributed by atoms with Gasteiger partial charge in [0.2, 0.25) is 0 Å². The Balaban J connectivity index is 4.04. The minimum atomic E-state index is -0.904. The van der Waals surface area contributed by atoms with Crippen molar-refractivity contribution in [3.8, 4) is 6.07 Å². The van der Waals surface area contributed by atoms with Gasteiger partial charge in [-0.3, -0.25) is 9.59 Å². The van der Waals surface area contributed by atoms with Gasteiger partial charge in [-0.2, -0.15) is 5.26 Å². The highest BCUT2D eigenvalue weighted by molar-refractivity contribution is 5.97. The fourth-order valence-corrected chi connectivity index (χ4v) is 1.08. The number of hydrogen-bond acceptors (Lipinski definition) is 4. The standard InChI is InChI=1S/C12H19N3O3/c1-9(2)7-14-8-10(6-13)12(18)15-5-3-4-11(16)17/h8-9,14H,3-5,7H2,1-2H3,(H,15,18)(H,16,17)/b10-8-. The summed E-state index contributed by atoms with van der Waals surface area (Å²) in [4.78, 5) is 21.8. The van der Waals surface area contributed by atoms with Crippen molar-refractivity contribution in [3.05, 3.63) is 11.8 Å². The molecule has 1 amide bonds. The number of carboxylic acids is 1. The molecule has 0 rings (SSSR count). The molecular formula is C12H19N3O3. The number of nitriles is 1. The molecule has 0 fully saturated rings. The summed E-state index contributed by atoms with van der Waals surface area (Å²) in [5.41, 5.74) is -0.00836. The summed E-state index contributed by atoms with van der Waals surface area (Å²) in [6.07, 6.45) is 1.73. The van der Waals surface area contributed by atoms with E-state index in [0.717, 1.165) is 0 Å². The van der Waals surface area contributed by atoms with E-state index < -0.39 is 11.9 Å². The van der Waals surface area contributed by atoms with Gasteiger partial charge >= 0.3 is 5.97 Å². The zero-order valence-electron chi connectivity index (χ0n) is 10.7. The Kier molecular flexibility index (Phi) is 8.03. The SMILES string of the molecule is CC(C)CN/C=C(/C#N)C(=O)NCCCC(=O)O. The molecule has 0 aliphatic rings. The molecule has 3 N–H and O–H groups in total. The van der Waals surface area contributed by atoms with E-state index in [-0.39, 0.29) is 18.5 Å². The Morgan fingerprint density at radius 1 is 1.44 bits per heavy atom. The minimum absolute atomic E-state index is 0.00250. The molecule has 6 heteroatoms. The van der Waals surface area contributed by atoms with Crippen LogP contribution >= 0.6 is 0 Å². The Bertz CT molecular complexity index is 356. The highest BCUT2D eigenvalue weighted by Crippen LogP contribution is 1.94. The first-order valence-corrected chi connectivity index (χ1v) is 5.81. The predicted molar refractivity (Wildman–Crippen MR) is 66.4 cm³/mol. The molecule has 0 bridgehead atoms. The Hall–Kier alpha value is -2.03. The van der Waals surface area contributed by atoms with E-state index in [1.54, 1.807) is 6.07 Å². The molecule has 0 aliphatic carbocycles. The lowest BCUT2D eigenvalue weighted by molar-refractivity contribution is -0.137. The van der Waals surface area contributed by atoms with Crippen molar-refractivity contribution in [1.82, 2.24) is 10.6 Å². The van der Waals surface area contributed by atoms with Crippen molar-refractivity contribution in [2.75, 3.05) is 13.1 Å². The normalized spacial score (nSPS) is 10.9. The molecule has 100 valence electrons. The van der Waals surface area contributed by atoms with Crippen molar-refractivity contribution in [3.63, 3.8) is 0 Å². The third kappa shape index (κ3) is 8.16. The maximum absolute atomic E-state index is 11.5.